The molecule has 1 saturated heterocycles. The minimum atomic E-state index is -0.0259. The van der Waals surface area contributed by atoms with Crippen molar-refractivity contribution >= 4 is 5.91 Å². The zero-order valence-electron chi connectivity index (χ0n) is 17.1. The van der Waals surface area contributed by atoms with Crippen molar-refractivity contribution in [2.24, 2.45) is 0 Å². The van der Waals surface area contributed by atoms with E-state index in [2.05, 4.69) is 37.5 Å². The third kappa shape index (κ3) is 5.30. The van der Waals surface area contributed by atoms with Crippen molar-refractivity contribution in [3.8, 4) is 5.75 Å². The van der Waals surface area contributed by atoms with E-state index >= 15 is 0 Å². The van der Waals surface area contributed by atoms with E-state index < -0.39 is 0 Å². The van der Waals surface area contributed by atoms with Gasteiger partial charge in [0.25, 0.3) is 0 Å². The van der Waals surface area contributed by atoms with Gasteiger partial charge in [0.15, 0.2) is 5.82 Å². The highest BCUT2D eigenvalue weighted by atomic mass is 16.5. The van der Waals surface area contributed by atoms with Crippen LogP contribution in [0.5, 0.6) is 5.75 Å². The number of likely N-dealkylation sites (tertiary alicyclic amines) is 1. The molecule has 28 heavy (non-hydrogen) atoms. The Morgan fingerprint density at radius 3 is 2.93 bits per heavy atom. The van der Waals surface area contributed by atoms with E-state index in [0.29, 0.717) is 6.54 Å². The summed E-state index contributed by atoms with van der Waals surface area (Å²) in [5.41, 5.74) is 1.20. The Morgan fingerprint density at radius 2 is 2.25 bits per heavy atom. The average Bonchev–Trinajstić information content (AvgIpc) is 3.07. The number of H-pyrrole nitrogens is 1. The monoisotopic (exact) mass is 386 g/mol. The number of nitrogens with zero attached hydrogens (tertiary/aromatic N) is 4. The number of hydrogen-bond donors (Lipinski definition) is 2. The van der Waals surface area contributed by atoms with Crippen molar-refractivity contribution < 1.29 is 9.53 Å². The first kappa shape index (κ1) is 20.3. The molecule has 1 aromatic heterocycles. The number of aromatic amines is 1. The fraction of sp³-hybridized carbons (Fsp3) is 0.550. The molecule has 152 valence electrons. The van der Waals surface area contributed by atoms with Gasteiger partial charge in [-0.1, -0.05) is 12.1 Å². The second-order valence-corrected chi connectivity index (χ2v) is 7.67. The smallest absolute Gasteiger partial charge is 0.234 e. The van der Waals surface area contributed by atoms with Crippen molar-refractivity contribution in [3.05, 3.63) is 41.5 Å². The number of carbonyl (C=O) groups excluding carboxylic acids is 1. The fourth-order valence-electron chi connectivity index (χ4n) is 3.71. The van der Waals surface area contributed by atoms with Crippen LogP contribution in [0.3, 0.4) is 0 Å². The summed E-state index contributed by atoms with van der Waals surface area (Å²) in [6.45, 7) is 4.77. The number of piperidine rings is 1. The molecule has 0 radical (unpaired) electrons. The molecule has 3 rings (SSSR count). The highest BCUT2D eigenvalue weighted by molar-refractivity contribution is 5.78. The zero-order valence-corrected chi connectivity index (χ0v) is 17.1. The predicted molar refractivity (Wildman–Crippen MR) is 107 cm³/mol. The van der Waals surface area contributed by atoms with E-state index in [4.69, 9.17) is 4.74 Å². The van der Waals surface area contributed by atoms with Crippen molar-refractivity contribution in [3.63, 3.8) is 0 Å². The van der Waals surface area contributed by atoms with Crippen LogP contribution in [-0.4, -0.2) is 77.8 Å². The predicted octanol–water partition coefficient (Wildman–Crippen LogP) is 1.16. The number of methoxy groups -OCH3 is 1. The number of benzene rings is 1. The number of likely N-dealkylation sites (N-methyl/N-ethyl adjacent to an activating group) is 1. The summed E-state index contributed by atoms with van der Waals surface area (Å²) in [6, 6.07) is 8.10. The number of hydrogen-bond acceptors (Lipinski definition) is 6. The average molecular weight is 387 g/mol. The molecular formula is C20H30N6O2. The molecule has 0 bridgehead atoms. The summed E-state index contributed by atoms with van der Waals surface area (Å²) in [5, 5.41) is 10.5. The van der Waals surface area contributed by atoms with E-state index in [1.165, 1.54) is 5.56 Å². The van der Waals surface area contributed by atoms with Crippen molar-refractivity contribution in [2.45, 2.75) is 31.8 Å². The van der Waals surface area contributed by atoms with Gasteiger partial charge in [-0.3, -0.25) is 14.8 Å². The van der Waals surface area contributed by atoms with E-state index in [9.17, 15) is 4.79 Å². The van der Waals surface area contributed by atoms with Crippen LogP contribution >= 0.6 is 0 Å². The first-order valence-corrected chi connectivity index (χ1v) is 9.63. The maximum absolute atomic E-state index is 12.4. The Morgan fingerprint density at radius 1 is 1.43 bits per heavy atom. The first-order valence-electron chi connectivity index (χ1n) is 9.63. The Kier molecular flexibility index (Phi) is 6.64. The van der Waals surface area contributed by atoms with Crippen LogP contribution < -0.4 is 10.1 Å². The number of rotatable bonds is 7. The lowest BCUT2D eigenvalue weighted by Crippen LogP contribution is -2.53. The quantitative estimate of drug-likeness (QED) is 0.743. The van der Waals surface area contributed by atoms with Crippen LogP contribution in [0.2, 0.25) is 0 Å². The number of ether oxygens (including phenoxy) is 1. The van der Waals surface area contributed by atoms with Crippen LogP contribution in [0.1, 0.15) is 29.6 Å². The number of aromatic nitrogens is 3. The molecule has 1 amide bonds. The summed E-state index contributed by atoms with van der Waals surface area (Å²) in [6.07, 6.45) is 0.897. The molecule has 8 nitrogen and oxygen atoms in total. The number of aryl methyl sites for hydroxylation is 1. The van der Waals surface area contributed by atoms with Gasteiger partial charge >= 0.3 is 0 Å². The highest BCUT2D eigenvalue weighted by Crippen LogP contribution is 2.27. The van der Waals surface area contributed by atoms with Gasteiger partial charge in [-0.2, -0.15) is 5.10 Å². The molecule has 0 spiro atoms. The van der Waals surface area contributed by atoms with E-state index in [-0.39, 0.29) is 17.9 Å². The molecule has 2 aromatic rings. The van der Waals surface area contributed by atoms with Gasteiger partial charge in [0.1, 0.15) is 11.6 Å². The molecule has 2 heterocycles. The lowest BCUT2D eigenvalue weighted by atomic mass is 9.90. The van der Waals surface area contributed by atoms with Gasteiger partial charge in [-0.05, 0) is 51.7 Å². The number of carbonyl (C=O) groups is 1. The zero-order chi connectivity index (χ0) is 20.1. The van der Waals surface area contributed by atoms with Crippen molar-refractivity contribution in [1.29, 1.82) is 0 Å². The Balaban J connectivity index is 1.72. The second kappa shape index (κ2) is 9.16. The maximum Gasteiger partial charge on any atom is 0.234 e. The van der Waals surface area contributed by atoms with Gasteiger partial charge in [0, 0.05) is 19.0 Å². The molecule has 0 saturated carbocycles. The SMILES string of the molecule is COc1cccc(CN2CC[C@H](c3n[nH]c(C)n3)[C@H](NC(=O)CN(C)C)C2)c1. The summed E-state index contributed by atoms with van der Waals surface area (Å²) in [4.78, 5) is 21.2. The topological polar surface area (TPSA) is 86.4 Å². The Bertz CT molecular complexity index is 791. The molecule has 2 N–H and O–H groups in total. The lowest BCUT2D eigenvalue weighted by molar-refractivity contribution is -0.123. The van der Waals surface area contributed by atoms with Gasteiger partial charge in [-0.25, -0.2) is 4.98 Å². The molecular weight excluding hydrogens is 356 g/mol. The Labute approximate surface area is 166 Å². The first-order chi connectivity index (χ1) is 13.4. The largest absolute Gasteiger partial charge is 0.497 e. The second-order valence-electron chi connectivity index (χ2n) is 7.67. The molecule has 0 unspecified atom stereocenters. The minimum Gasteiger partial charge on any atom is -0.497 e. The van der Waals surface area contributed by atoms with Gasteiger partial charge in [0.05, 0.1) is 19.7 Å². The van der Waals surface area contributed by atoms with E-state index in [0.717, 1.165) is 43.5 Å². The summed E-state index contributed by atoms with van der Waals surface area (Å²) >= 11 is 0. The third-order valence-corrected chi connectivity index (χ3v) is 4.99. The summed E-state index contributed by atoms with van der Waals surface area (Å²) in [5.74, 6) is 2.58. The van der Waals surface area contributed by atoms with E-state index in [1.807, 2.05) is 38.1 Å². The summed E-state index contributed by atoms with van der Waals surface area (Å²) < 4.78 is 5.33. The van der Waals surface area contributed by atoms with Crippen molar-refractivity contribution in [1.82, 2.24) is 30.3 Å². The molecule has 1 aliphatic rings. The number of nitrogens with one attached hydrogen (secondary N) is 2. The standard InChI is InChI=1S/C20H30N6O2/c1-14-21-20(24-23-14)17-8-9-26(11-15-6-5-7-16(10-15)28-4)12-18(17)22-19(27)13-25(2)3/h5-7,10,17-18H,8-9,11-13H2,1-4H3,(H,22,27)(H,21,23,24)/t17-,18+/m0/s1. The lowest BCUT2D eigenvalue weighted by Gasteiger charge is -2.38. The molecule has 8 heteroatoms. The molecule has 0 aliphatic carbocycles. The van der Waals surface area contributed by atoms with Gasteiger partial charge < -0.3 is 15.0 Å². The van der Waals surface area contributed by atoms with Crippen molar-refractivity contribution in [2.75, 3.05) is 40.8 Å². The minimum absolute atomic E-state index is 0.0236. The molecule has 1 aromatic carbocycles. The fourth-order valence-corrected chi connectivity index (χ4v) is 3.71. The summed E-state index contributed by atoms with van der Waals surface area (Å²) in [7, 11) is 5.47. The van der Waals surface area contributed by atoms with Crippen LogP contribution in [0, 0.1) is 6.92 Å². The highest BCUT2D eigenvalue weighted by Gasteiger charge is 2.34. The van der Waals surface area contributed by atoms with Crippen LogP contribution in [-0.2, 0) is 11.3 Å². The molecule has 1 fully saturated rings. The van der Waals surface area contributed by atoms with Crippen LogP contribution in [0.25, 0.3) is 0 Å². The van der Waals surface area contributed by atoms with Crippen LogP contribution in [0.15, 0.2) is 24.3 Å². The number of amides is 1. The molecule has 1 aliphatic heterocycles. The third-order valence-electron chi connectivity index (χ3n) is 4.99. The normalized spacial score (nSPS) is 20.3. The van der Waals surface area contributed by atoms with Gasteiger partial charge in [-0.15, -0.1) is 0 Å². The van der Waals surface area contributed by atoms with Crippen LogP contribution in [0.4, 0.5) is 0 Å². The van der Waals surface area contributed by atoms with E-state index in [1.54, 1.807) is 7.11 Å². The maximum atomic E-state index is 12.4. The Hall–Kier alpha value is -2.45. The van der Waals surface area contributed by atoms with Gasteiger partial charge in [0.2, 0.25) is 5.91 Å². The molecule has 2 atom stereocenters.